The highest BCUT2D eigenvalue weighted by Crippen LogP contribution is 2.10. The van der Waals surface area contributed by atoms with Crippen molar-refractivity contribution in [3.63, 3.8) is 0 Å². The third-order valence-corrected chi connectivity index (χ3v) is 3.92. The molecule has 0 aliphatic heterocycles. The number of hydrogen-bond acceptors (Lipinski definition) is 5. The molecule has 3 rings (SSSR count). The van der Waals surface area contributed by atoms with E-state index < -0.39 is 11.9 Å². The van der Waals surface area contributed by atoms with Gasteiger partial charge < -0.3 is 15.1 Å². The van der Waals surface area contributed by atoms with Crippen LogP contribution in [0.5, 0.6) is 0 Å². The highest BCUT2D eigenvalue weighted by molar-refractivity contribution is 5.99. The van der Waals surface area contributed by atoms with Crippen molar-refractivity contribution in [1.82, 2.24) is 20.1 Å². The van der Waals surface area contributed by atoms with Crippen LogP contribution in [0.2, 0.25) is 0 Å². The molecule has 2 amide bonds. The fourth-order valence-electron chi connectivity index (χ4n) is 2.53. The molecule has 8 nitrogen and oxygen atoms in total. The second-order valence-corrected chi connectivity index (χ2v) is 6.38. The van der Waals surface area contributed by atoms with Crippen LogP contribution in [-0.4, -0.2) is 32.6 Å². The van der Waals surface area contributed by atoms with Crippen molar-refractivity contribution in [1.29, 1.82) is 0 Å². The van der Waals surface area contributed by atoms with Gasteiger partial charge in [-0.1, -0.05) is 19.9 Å². The first-order valence-electron chi connectivity index (χ1n) is 8.61. The molecule has 3 aromatic rings. The van der Waals surface area contributed by atoms with Gasteiger partial charge in [0, 0.05) is 18.5 Å². The number of aromatic nitrogens is 3. The van der Waals surface area contributed by atoms with Gasteiger partial charge in [-0.05, 0) is 30.2 Å². The summed E-state index contributed by atoms with van der Waals surface area (Å²) in [5.41, 5.74) is 0.865. The first-order chi connectivity index (χ1) is 13.0. The zero-order valence-electron chi connectivity index (χ0n) is 15.1. The summed E-state index contributed by atoms with van der Waals surface area (Å²) in [7, 11) is 0. The molecule has 0 bridgehead atoms. The Morgan fingerprint density at radius 2 is 2.04 bits per heavy atom. The van der Waals surface area contributed by atoms with E-state index in [4.69, 9.17) is 4.42 Å². The number of hydrogen-bond donors (Lipinski definition) is 2. The molecule has 0 aliphatic carbocycles. The molecule has 3 heterocycles. The van der Waals surface area contributed by atoms with E-state index in [-0.39, 0.29) is 17.6 Å². The minimum Gasteiger partial charge on any atom is -0.459 e. The predicted octanol–water partition coefficient (Wildman–Crippen LogP) is 2.31. The van der Waals surface area contributed by atoms with Crippen LogP contribution < -0.4 is 10.6 Å². The van der Waals surface area contributed by atoms with E-state index in [1.165, 1.54) is 6.26 Å². The second kappa shape index (κ2) is 8.31. The molecule has 0 aromatic carbocycles. The minimum absolute atomic E-state index is 0.112. The van der Waals surface area contributed by atoms with Gasteiger partial charge in [-0.3, -0.25) is 19.3 Å². The lowest BCUT2D eigenvalue weighted by molar-refractivity contribution is -0.118. The van der Waals surface area contributed by atoms with Crippen LogP contribution in [0.3, 0.4) is 0 Å². The van der Waals surface area contributed by atoms with Gasteiger partial charge in [-0.25, -0.2) is 0 Å². The zero-order chi connectivity index (χ0) is 19.2. The summed E-state index contributed by atoms with van der Waals surface area (Å²) in [5.74, 6) is -0.316. The Balaban J connectivity index is 1.63. The molecule has 1 unspecified atom stereocenters. The summed E-state index contributed by atoms with van der Waals surface area (Å²) in [6.45, 7) is 4.21. The SMILES string of the molecule is CC(C)C(NC(=O)c1ccco1)C(=O)Nc1ccn(Cc2ccccn2)n1. The van der Waals surface area contributed by atoms with Crippen LogP contribution in [0.15, 0.2) is 59.5 Å². The number of amides is 2. The van der Waals surface area contributed by atoms with Crippen molar-refractivity contribution in [2.75, 3.05) is 5.32 Å². The Morgan fingerprint density at radius 1 is 1.19 bits per heavy atom. The van der Waals surface area contributed by atoms with Gasteiger partial charge in [0.15, 0.2) is 11.6 Å². The average Bonchev–Trinajstić information content (AvgIpc) is 3.32. The number of carbonyl (C=O) groups is 2. The van der Waals surface area contributed by atoms with Gasteiger partial charge in [0.2, 0.25) is 5.91 Å². The number of anilines is 1. The molecule has 0 saturated carbocycles. The van der Waals surface area contributed by atoms with E-state index in [9.17, 15) is 9.59 Å². The molecular formula is C19H21N5O3. The third-order valence-electron chi connectivity index (χ3n) is 3.92. The molecular weight excluding hydrogens is 346 g/mol. The summed E-state index contributed by atoms with van der Waals surface area (Å²) < 4.78 is 6.75. The van der Waals surface area contributed by atoms with Crippen LogP contribution in [-0.2, 0) is 11.3 Å². The molecule has 0 spiro atoms. The second-order valence-electron chi connectivity index (χ2n) is 6.38. The Hall–Kier alpha value is -3.42. The van der Waals surface area contributed by atoms with Crippen LogP contribution in [0.4, 0.5) is 5.82 Å². The molecule has 8 heteroatoms. The van der Waals surface area contributed by atoms with Crippen LogP contribution in [0, 0.1) is 5.92 Å². The zero-order valence-corrected chi connectivity index (χ0v) is 15.1. The smallest absolute Gasteiger partial charge is 0.287 e. The Kier molecular flexibility index (Phi) is 5.65. The number of rotatable bonds is 7. The normalized spacial score (nSPS) is 12.0. The van der Waals surface area contributed by atoms with E-state index in [1.807, 2.05) is 32.0 Å². The molecule has 2 N–H and O–H groups in total. The van der Waals surface area contributed by atoms with Crippen molar-refractivity contribution in [3.8, 4) is 0 Å². The van der Waals surface area contributed by atoms with Gasteiger partial charge in [-0.15, -0.1) is 0 Å². The van der Waals surface area contributed by atoms with Crippen LogP contribution in [0.1, 0.15) is 30.1 Å². The molecule has 1 atom stereocenters. The lowest BCUT2D eigenvalue weighted by Crippen LogP contribution is -2.47. The summed E-state index contributed by atoms with van der Waals surface area (Å²) in [4.78, 5) is 29.0. The van der Waals surface area contributed by atoms with Crippen LogP contribution in [0.25, 0.3) is 0 Å². The van der Waals surface area contributed by atoms with E-state index in [2.05, 4.69) is 20.7 Å². The van der Waals surface area contributed by atoms with Crippen molar-refractivity contribution in [2.45, 2.75) is 26.4 Å². The fourth-order valence-corrected chi connectivity index (χ4v) is 2.53. The number of furan rings is 1. The monoisotopic (exact) mass is 367 g/mol. The van der Waals surface area contributed by atoms with Crippen molar-refractivity contribution in [3.05, 3.63) is 66.5 Å². The fraction of sp³-hybridized carbons (Fsp3) is 0.263. The van der Waals surface area contributed by atoms with Crippen molar-refractivity contribution in [2.24, 2.45) is 5.92 Å². The minimum atomic E-state index is -0.719. The summed E-state index contributed by atoms with van der Waals surface area (Å²) in [6.07, 6.45) is 4.89. The van der Waals surface area contributed by atoms with Gasteiger partial charge in [0.05, 0.1) is 18.5 Å². The number of pyridine rings is 1. The molecule has 0 fully saturated rings. The molecule has 0 aliphatic rings. The summed E-state index contributed by atoms with van der Waals surface area (Å²) in [5, 5.41) is 9.77. The molecule has 0 radical (unpaired) electrons. The number of nitrogens with zero attached hydrogens (tertiary/aromatic N) is 3. The standard InChI is InChI=1S/C19H21N5O3/c1-13(2)17(22-18(25)15-7-5-11-27-15)19(26)21-16-8-10-24(23-16)12-14-6-3-4-9-20-14/h3-11,13,17H,12H2,1-2H3,(H,22,25)(H,21,23,26). The van der Waals surface area contributed by atoms with E-state index in [0.29, 0.717) is 12.4 Å². The third kappa shape index (κ3) is 4.81. The van der Waals surface area contributed by atoms with E-state index in [0.717, 1.165) is 5.69 Å². The topological polar surface area (TPSA) is 102 Å². The Bertz CT molecular complexity index is 887. The lowest BCUT2D eigenvalue weighted by atomic mass is 10.0. The summed E-state index contributed by atoms with van der Waals surface area (Å²) >= 11 is 0. The first-order valence-corrected chi connectivity index (χ1v) is 8.61. The van der Waals surface area contributed by atoms with Gasteiger partial charge in [0.1, 0.15) is 6.04 Å². The number of nitrogens with one attached hydrogen (secondary N) is 2. The summed E-state index contributed by atoms with van der Waals surface area (Å²) in [6, 6.07) is 9.80. The van der Waals surface area contributed by atoms with Crippen molar-refractivity contribution < 1.29 is 14.0 Å². The van der Waals surface area contributed by atoms with E-state index >= 15 is 0 Å². The maximum atomic E-state index is 12.6. The Labute approximate surface area is 156 Å². The maximum absolute atomic E-state index is 12.6. The maximum Gasteiger partial charge on any atom is 0.287 e. The quantitative estimate of drug-likeness (QED) is 0.667. The molecule has 140 valence electrons. The predicted molar refractivity (Wildman–Crippen MR) is 99.0 cm³/mol. The van der Waals surface area contributed by atoms with Gasteiger partial charge >= 0.3 is 0 Å². The first kappa shape index (κ1) is 18.4. The molecule has 3 aromatic heterocycles. The highest BCUT2D eigenvalue weighted by Gasteiger charge is 2.26. The lowest BCUT2D eigenvalue weighted by Gasteiger charge is -2.20. The molecule has 0 saturated heterocycles. The van der Waals surface area contributed by atoms with Gasteiger partial charge in [0.25, 0.3) is 5.91 Å². The number of carbonyl (C=O) groups excluding carboxylic acids is 2. The van der Waals surface area contributed by atoms with Gasteiger partial charge in [-0.2, -0.15) is 5.10 Å². The molecule has 27 heavy (non-hydrogen) atoms. The van der Waals surface area contributed by atoms with E-state index in [1.54, 1.807) is 35.3 Å². The largest absolute Gasteiger partial charge is 0.459 e. The highest BCUT2D eigenvalue weighted by atomic mass is 16.3. The average molecular weight is 367 g/mol. The van der Waals surface area contributed by atoms with Crippen molar-refractivity contribution >= 4 is 17.6 Å². The van der Waals surface area contributed by atoms with Crippen LogP contribution >= 0.6 is 0 Å². The Morgan fingerprint density at radius 3 is 2.70 bits per heavy atom.